The Morgan fingerprint density at radius 1 is 1.48 bits per heavy atom. The monoisotopic (exact) mass is 289 g/mol. The molecule has 5 nitrogen and oxygen atoms in total. The number of hydrogen-bond acceptors (Lipinski definition) is 4. The van der Waals surface area contributed by atoms with E-state index in [1.807, 2.05) is 30.3 Å². The van der Waals surface area contributed by atoms with Gasteiger partial charge >= 0.3 is 5.97 Å². The van der Waals surface area contributed by atoms with Gasteiger partial charge in [-0.05, 0) is 24.5 Å². The fraction of sp³-hybridized carbons (Fsp3) is 0.438. The number of carbonyl (C=O) groups excluding carboxylic acids is 1. The summed E-state index contributed by atoms with van der Waals surface area (Å²) < 4.78 is 4.99. The van der Waals surface area contributed by atoms with Crippen LogP contribution in [0, 0.1) is 16.0 Å². The van der Waals surface area contributed by atoms with E-state index in [1.54, 1.807) is 6.92 Å². The van der Waals surface area contributed by atoms with Crippen LogP contribution in [0.5, 0.6) is 0 Å². The van der Waals surface area contributed by atoms with E-state index in [1.165, 1.54) is 0 Å². The third-order valence-electron chi connectivity index (χ3n) is 4.04. The summed E-state index contributed by atoms with van der Waals surface area (Å²) in [7, 11) is 0. The molecule has 0 radical (unpaired) electrons. The highest BCUT2D eigenvalue weighted by atomic mass is 16.6. The molecular formula is C16H19NO4. The molecule has 0 heterocycles. The molecule has 21 heavy (non-hydrogen) atoms. The Hall–Kier alpha value is -2.17. The maximum atomic E-state index is 11.9. The summed E-state index contributed by atoms with van der Waals surface area (Å²) in [6, 6.07) is 9.28. The van der Waals surface area contributed by atoms with Gasteiger partial charge in [0.25, 0.3) is 0 Å². The van der Waals surface area contributed by atoms with Crippen LogP contribution in [-0.4, -0.2) is 23.0 Å². The van der Waals surface area contributed by atoms with Crippen molar-refractivity contribution in [1.29, 1.82) is 0 Å². The first-order valence-electron chi connectivity index (χ1n) is 7.03. The molecule has 0 aliphatic heterocycles. The third kappa shape index (κ3) is 2.96. The zero-order valence-electron chi connectivity index (χ0n) is 12.1. The van der Waals surface area contributed by atoms with Crippen LogP contribution in [0.4, 0.5) is 0 Å². The number of hydrogen-bond donors (Lipinski definition) is 0. The minimum atomic E-state index is -1.27. The number of esters is 1. The molecule has 0 saturated heterocycles. The molecule has 2 unspecified atom stereocenters. The van der Waals surface area contributed by atoms with E-state index in [2.05, 4.69) is 6.58 Å². The highest BCUT2D eigenvalue weighted by Crippen LogP contribution is 2.43. The third-order valence-corrected chi connectivity index (χ3v) is 4.04. The number of nitro groups is 1. The Balaban J connectivity index is 2.25. The first-order chi connectivity index (χ1) is 9.99. The van der Waals surface area contributed by atoms with Gasteiger partial charge in [-0.3, -0.25) is 14.9 Å². The molecule has 1 aromatic rings. The van der Waals surface area contributed by atoms with Crippen LogP contribution in [0.1, 0.15) is 25.3 Å². The van der Waals surface area contributed by atoms with Crippen molar-refractivity contribution >= 4 is 5.97 Å². The van der Waals surface area contributed by atoms with Gasteiger partial charge in [-0.1, -0.05) is 36.9 Å². The van der Waals surface area contributed by atoms with E-state index < -0.39 is 11.5 Å². The molecular weight excluding hydrogens is 270 g/mol. The number of nitrogens with zero attached hydrogens (tertiary/aromatic N) is 1. The van der Waals surface area contributed by atoms with Gasteiger partial charge in [0.1, 0.15) is 0 Å². The Kier molecular flexibility index (Phi) is 4.40. The lowest BCUT2D eigenvalue weighted by molar-refractivity contribution is -0.556. The molecule has 112 valence electrons. The van der Waals surface area contributed by atoms with E-state index in [0.717, 1.165) is 5.56 Å². The molecule has 2 rings (SSSR count). The van der Waals surface area contributed by atoms with Gasteiger partial charge < -0.3 is 4.74 Å². The quantitative estimate of drug-likeness (QED) is 0.362. The molecule has 1 fully saturated rings. The van der Waals surface area contributed by atoms with Gasteiger partial charge in [0.2, 0.25) is 5.54 Å². The molecule has 1 aliphatic rings. The van der Waals surface area contributed by atoms with Gasteiger partial charge in [0.05, 0.1) is 12.5 Å². The van der Waals surface area contributed by atoms with Crippen molar-refractivity contribution in [2.24, 2.45) is 5.92 Å². The second kappa shape index (κ2) is 6.08. The molecule has 2 atom stereocenters. The van der Waals surface area contributed by atoms with Crippen molar-refractivity contribution in [1.82, 2.24) is 0 Å². The van der Waals surface area contributed by atoms with Crippen LogP contribution in [-0.2, 0) is 16.0 Å². The average molecular weight is 289 g/mol. The molecule has 0 bridgehead atoms. The van der Waals surface area contributed by atoms with Crippen molar-refractivity contribution < 1.29 is 14.5 Å². The molecule has 0 spiro atoms. The van der Waals surface area contributed by atoms with E-state index in [9.17, 15) is 14.9 Å². The van der Waals surface area contributed by atoms with Crippen molar-refractivity contribution in [3.63, 3.8) is 0 Å². The summed E-state index contributed by atoms with van der Waals surface area (Å²) in [5, 5.41) is 11.7. The van der Waals surface area contributed by atoms with Crippen molar-refractivity contribution in [3.05, 3.63) is 58.2 Å². The van der Waals surface area contributed by atoms with Crippen molar-refractivity contribution in [2.45, 2.75) is 31.7 Å². The Morgan fingerprint density at radius 2 is 2.14 bits per heavy atom. The van der Waals surface area contributed by atoms with E-state index in [0.29, 0.717) is 12.0 Å². The van der Waals surface area contributed by atoms with Gasteiger partial charge in [-0.2, -0.15) is 0 Å². The predicted molar refractivity (Wildman–Crippen MR) is 78.4 cm³/mol. The lowest BCUT2D eigenvalue weighted by Crippen LogP contribution is -2.40. The number of benzene rings is 1. The number of ether oxygens (including phenoxy) is 1. The zero-order chi connectivity index (χ0) is 15.5. The van der Waals surface area contributed by atoms with Crippen molar-refractivity contribution in [2.75, 3.05) is 6.61 Å². The minimum absolute atomic E-state index is 0.159. The second-order valence-corrected chi connectivity index (χ2v) is 5.41. The summed E-state index contributed by atoms with van der Waals surface area (Å²) in [5.41, 5.74) is 0.118. The largest absolute Gasteiger partial charge is 0.466 e. The Labute approximate surface area is 123 Å². The average Bonchev–Trinajstić information content (AvgIpc) is 2.79. The molecule has 0 amide bonds. The van der Waals surface area contributed by atoms with E-state index in [-0.39, 0.29) is 30.3 Å². The van der Waals surface area contributed by atoms with Crippen LogP contribution in [0.3, 0.4) is 0 Å². The van der Waals surface area contributed by atoms with Crippen LogP contribution >= 0.6 is 0 Å². The molecule has 0 N–H and O–H groups in total. The normalized spacial score (nSPS) is 24.8. The lowest BCUT2D eigenvalue weighted by atomic mass is 9.86. The molecule has 5 heteroatoms. The molecule has 1 aromatic carbocycles. The van der Waals surface area contributed by atoms with Crippen LogP contribution < -0.4 is 0 Å². The Morgan fingerprint density at radius 3 is 2.71 bits per heavy atom. The fourth-order valence-electron chi connectivity index (χ4n) is 2.94. The van der Waals surface area contributed by atoms with Gasteiger partial charge in [0, 0.05) is 17.8 Å². The standard InChI is InChI=1S/C16H19NO4/c1-3-21-15(18)14-9-12(2)16(11-14,17(19)20)10-13-7-5-4-6-8-13/h4-8,14H,2-3,9-11H2,1H3. The van der Waals surface area contributed by atoms with E-state index in [4.69, 9.17) is 4.74 Å². The van der Waals surface area contributed by atoms with Crippen molar-refractivity contribution in [3.8, 4) is 0 Å². The number of rotatable bonds is 5. The lowest BCUT2D eigenvalue weighted by Gasteiger charge is -2.21. The van der Waals surface area contributed by atoms with Crippen LogP contribution in [0.25, 0.3) is 0 Å². The maximum Gasteiger partial charge on any atom is 0.309 e. The zero-order valence-corrected chi connectivity index (χ0v) is 12.1. The van der Waals surface area contributed by atoms with Gasteiger partial charge in [0.15, 0.2) is 0 Å². The molecule has 0 aromatic heterocycles. The summed E-state index contributed by atoms with van der Waals surface area (Å²) in [6.07, 6.45) is 0.745. The topological polar surface area (TPSA) is 69.4 Å². The van der Waals surface area contributed by atoms with Crippen LogP contribution in [0.2, 0.25) is 0 Å². The Bertz CT molecular complexity index is 555. The second-order valence-electron chi connectivity index (χ2n) is 5.41. The SMILES string of the molecule is C=C1CC(C(=O)OCC)CC1(Cc1ccccc1)[N+](=O)[O-]. The van der Waals surface area contributed by atoms with Gasteiger partial charge in [-0.25, -0.2) is 0 Å². The fourth-order valence-corrected chi connectivity index (χ4v) is 2.94. The summed E-state index contributed by atoms with van der Waals surface area (Å²) in [4.78, 5) is 23.2. The minimum Gasteiger partial charge on any atom is -0.466 e. The van der Waals surface area contributed by atoms with Gasteiger partial charge in [-0.15, -0.1) is 0 Å². The molecule has 1 saturated carbocycles. The van der Waals surface area contributed by atoms with Crippen LogP contribution in [0.15, 0.2) is 42.5 Å². The summed E-state index contributed by atoms with van der Waals surface area (Å²) in [5.74, 6) is -0.831. The van der Waals surface area contributed by atoms with E-state index >= 15 is 0 Å². The smallest absolute Gasteiger partial charge is 0.309 e. The summed E-state index contributed by atoms with van der Waals surface area (Å²) in [6.45, 7) is 5.88. The highest BCUT2D eigenvalue weighted by Gasteiger charge is 2.54. The highest BCUT2D eigenvalue weighted by molar-refractivity contribution is 5.74. The first-order valence-corrected chi connectivity index (χ1v) is 7.03. The number of carbonyl (C=O) groups is 1. The summed E-state index contributed by atoms with van der Waals surface area (Å²) >= 11 is 0. The predicted octanol–water partition coefficient (Wildman–Crippen LogP) is 2.77. The maximum absolute atomic E-state index is 11.9. The first kappa shape index (κ1) is 15.2. The molecule has 1 aliphatic carbocycles.